The second kappa shape index (κ2) is 17.6. The third-order valence-electron chi connectivity index (χ3n) is 7.20. The molecule has 18 heteroatoms. The molecule has 272 valence electrons. The Morgan fingerprint density at radius 3 is 2.04 bits per heavy atom. The monoisotopic (exact) mass is 740 g/mol. The molecule has 0 aliphatic heterocycles. The van der Waals surface area contributed by atoms with E-state index in [9.17, 15) is 41.5 Å². The van der Waals surface area contributed by atoms with E-state index in [1.54, 1.807) is 37.3 Å². The Bertz CT molecular complexity index is 1790. The molecule has 0 aliphatic rings. The van der Waals surface area contributed by atoms with Crippen molar-refractivity contribution >= 4 is 45.0 Å². The lowest BCUT2D eigenvalue weighted by Crippen LogP contribution is -2.60. The van der Waals surface area contributed by atoms with Crippen molar-refractivity contribution in [1.29, 1.82) is 0 Å². The summed E-state index contributed by atoms with van der Waals surface area (Å²) in [4.78, 5) is 56.8. The van der Waals surface area contributed by atoms with E-state index in [2.05, 4.69) is 20.9 Å². The van der Waals surface area contributed by atoms with Crippen LogP contribution in [0.4, 0.5) is 8.78 Å². The van der Waals surface area contributed by atoms with Crippen LogP contribution in [0.1, 0.15) is 32.7 Å². The number of ether oxygens (including phenoxy) is 2. The van der Waals surface area contributed by atoms with Gasteiger partial charge in [-0.2, -0.15) is 8.42 Å². The Labute approximate surface area is 291 Å². The van der Waals surface area contributed by atoms with Crippen LogP contribution >= 0.6 is 11.3 Å². The number of methoxy groups -OCH3 is 2. The zero-order valence-electron chi connectivity index (χ0n) is 27.8. The summed E-state index contributed by atoms with van der Waals surface area (Å²) < 4.78 is 68.2. The summed E-state index contributed by atoms with van der Waals surface area (Å²) in [7, 11) is -2.22. The number of aliphatic hydroxyl groups is 1. The molecule has 3 rings (SSSR count). The first kappa shape index (κ1) is 40.2. The van der Waals surface area contributed by atoms with Gasteiger partial charge in [0.05, 0.1) is 30.5 Å². The van der Waals surface area contributed by atoms with Gasteiger partial charge in [0.2, 0.25) is 11.8 Å². The van der Waals surface area contributed by atoms with Crippen molar-refractivity contribution in [2.45, 2.75) is 55.8 Å². The van der Waals surface area contributed by atoms with Gasteiger partial charge in [0.15, 0.2) is 17.4 Å². The molecular formula is C32H38F2N4O10S2. The lowest BCUT2D eigenvalue weighted by Gasteiger charge is -2.29. The summed E-state index contributed by atoms with van der Waals surface area (Å²) in [6.07, 6.45) is 1.17. The summed E-state index contributed by atoms with van der Waals surface area (Å²) in [6, 6.07) is 5.24. The number of carbonyl (C=O) groups is 4. The van der Waals surface area contributed by atoms with Crippen LogP contribution in [0.3, 0.4) is 0 Å². The fraction of sp³-hybridized carbons (Fsp3) is 0.406. The molecule has 0 aliphatic carbocycles. The van der Waals surface area contributed by atoms with Crippen molar-refractivity contribution in [3.8, 4) is 0 Å². The predicted molar refractivity (Wildman–Crippen MR) is 176 cm³/mol. The van der Waals surface area contributed by atoms with E-state index in [-0.39, 0.29) is 30.1 Å². The van der Waals surface area contributed by atoms with Crippen LogP contribution in [0.25, 0.3) is 0 Å². The standard InChI is InChI=1S/C32H38F2N4O10S2/c1-18-11-21(33)22(34)13-27(18)50(44,45)48-17-32(3,43)28(39)23(12-20-9-7-6-8-10-20)36-29(40)24(15-46-4)37-30(41)25(16-47-5)38-31(42)26-14-35-19(2)49-26/h6-11,13-14,23-25,43H,12,15-17H2,1-5H3,(H,36,40)(H,37,41)(H,38,42). The van der Waals surface area contributed by atoms with Gasteiger partial charge in [-0.25, -0.2) is 13.8 Å². The maximum atomic E-state index is 13.8. The molecule has 0 fully saturated rings. The molecule has 4 N–H and O–H groups in total. The summed E-state index contributed by atoms with van der Waals surface area (Å²) in [5.41, 5.74) is -2.18. The van der Waals surface area contributed by atoms with E-state index in [0.29, 0.717) is 22.7 Å². The Morgan fingerprint density at radius 1 is 0.920 bits per heavy atom. The number of rotatable bonds is 18. The highest BCUT2D eigenvalue weighted by Crippen LogP contribution is 2.23. The molecule has 4 unspecified atom stereocenters. The van der Waals surface area contributed by atoms with Gasteiger partial charge >= 0.3 is 0 Å². The minimum absolute atomic E-state index is 0.179. The van der Waals surface area contributed by atoms with Gasteiger partial charge in [-0.3, -0.25) is 23.4 Å². The number of aromatic nitrogens is 1. The number of nitrogens with zero attached hydrogens (tertiary/aromatic N) is 1. The number of halogens is 2. The van der Waals surface area contributed by atoms with Gasteiger partial charge in [-0.05, 0) is 50.5 Å². The van der Waals surface area contributed by atoms with Crippen LogP contribution < -0.4 is 16.0 Å². The smallest absolute Gasteiger partial charge is 0.297 e. The van der Waals surface area contributed by atoms with Crippen molar-refractivity contribution in [2.24, 2.45) is 0 Å². The van der Waals surface area contributed by atoms with Crippen LogP contribution in [0.2, 0.25) is 0 Å². The van der Waals surface area contributed by atoms with Crippen molar-refractivity contribution < 1.29 is 55.1 Å². The van der Waals surface area contributed by atoms with E-state index in [1.807, 2.05) is 0 Å². The number of nitrogens with one attached hydrogen (secondary N) is 3. The van der Waals surface area contributed by atoms with Crippen LogP contribution in [0, 0.1) is 25.5 Å². The molecule has 50 heavy (non-hydrogen) atoms. The molecule has 1 aromatic heterocycles. The second-order valence-electron chi connectivity index (χ2n) is 11.4. The molecule has 0 radical (unpaired) electrons. The zero-order valence-corrected chi connectivity index (χ0v) is 29.5. The quantitative estimate of drug-likeness (QED) is 0.137. The van der Waals surface area contributed by atoms with Crippen molar-refractivity contribution in [1.82, 2.24) is 20.9 Å². The van der Waals surface area contributed by atoms with Gasteiger partial charge in [0.25, 0.3) is 16.0 Å². The number of aryl methyl sites for hydroxylation is 2. The Kier molecular flexibility index (Phi) is 14.2. The van der Waals surface area contributed by atoms with E-state index in [1.165, 1.54) is 27.3 Å². The molecule has 4 atom stereocenters. The van der Waals surface area contributed by atoms with E-state index < -0.39 is 80.5 Å². The number of carbonyl (C=O) groups excluding carboxylic acids is 4. The van der Waals surface area contributed by atoms with Crippen molar-refractivity contribution in [2.75, 3.05) is 34.0 Å². The molecule has 0 spiro atoms. The lowest BCUT2D eigenvalue weighted by molar-refractivity contribution is -0.143. The molecule has 0 saturated heterocycles. The molecule has 0 bridgehead atoms. The summed E-state index contributed by atoms with van der Waals surface area (Å²) >= 11 is 1.11. The minimum Gasteiger partial charge on any atom is -0.382 e. The predicted octanol–water partition coefficient (Wildman–Crippen LogP) is 1.37. The maximum Gasteiger partial charge on any atom is 0.297 e. The van der Waals surface area contributed by atoms with E-state index in [4.69, 9.17) is 13.7 Å². The van der Waals surface area contributed by atoms with Gasteiger partial charge in [0.1, 0.15) is 34.1 Å². The third kappa shape index (κ3) is 10.9. The highest BCUT2D eigenvalue weighted by molar-refractivity contribution is 7.86. The Balaban J connectivity index is 1.81. The minimum atomic E-state index is -4.79. The molecule has 14 nitrogen and oxygen atoms in total. The second-order valence-corrected chi connectivity index (χ2v) is 14.2. The van der Waals surface area contributed by atoms with Crippen molar-refractivity contribution in [3.05, 3.63) is 81.3 Å². The highest BCUT2D eigenvalue weighted by Gasteiger charge is 2.40. The number of amides is 3. The summed E-state index contributed by atoms with van der Waals surface area (Å²) in [5, 5.41) is 19.3. The van der Waals surface area contributed by atoms with Crippen LogP contribution in [0.15, 0.2) is 53.6 Å². The average molecular weight is 741 g/mol. The largest absolute Gasteiger partial charge is 0.382 e. The fourth-order valence-corrected chi connectivity index (χ4v) is 6.49. The van der Waals surface area contributed by atoms with Gasteiger partial charge in [-0.1, -0.05) is 30.3 Å². The van der Waals surface area contributed by atoms with Crippen LogP contribution in [-0.2, 0) is 44.6 Å². The first-order chi connectivity index (χ1) is 23.5. The van der Waals surface area contributed by atoms with E-state index >= 15 is 0 Å². The average Bonchev–Trinajstić information content (AvgIpc) is 3.51. The first-order valence-electron chi connectivity index (χ1n) is 15.0. The number of Topliss-reactive ketones (excluding diaryl/α,β-unsaturated/α-hetero) is 1. The number of hydrogen-bond acceptors (Lipinski definition) is 12. The van der Waals surface area contributed by atoms with Crippen molar-refractivity contribution in [3.63, 3.8) is 0 Å². The maximum absolute atomic E-state index is 13.8. The number of benzene rings is 2. The molecule has 0 saturated carbocycles. The Morgan fingerprint density at radius 2 is 1.48 bits per heavy atom. The topological polar surface area (TPSA) is 199 Å². The molecule has 3 aromatic rings. The highest BCUT2D eigenvalue weighted by atomic mass is 32.2. The summed E-state index contributed by atoms with van der Waals surface area (Å²) in [6.45, 7) is 2.08. The van der Waals surface area contributed by atoms with Gasteiger partial charge in [0, 0.05) is 14.2 Å². The number of ketones is 1. The van der Waals surface area contributed by atoms with Crippen LogP contribution in [0.5, 0.6) is 0 Å². The molecule has 3 amide bonds. The third-order valence-corrected chi connectivity index (χ3v) is 9.51. The molecule has 2 aromatic carbocycles. The zero-order chi connectivity index (χ0) is 37.2. The normalized spacial score (nSPS) is 14.6. The SMILES string of the molecule is COCC(NC(=O)c1cnc(C)s1)C(=O)NC(COC)C(=O)NC(Cc1ccccc1)C(=O)C(C)(O)COS(=O)(=O)c1cc(F)c(F)cc1C. The van der Waals surface area contributed by atoms with Gasteiger partial charge in [-0.15, -0.1) is 11.3 Å². The fourth-order valence-electron chi connectivity index (χ4n) is 4.60. The summed E-state index contributed by atoms with van der Waals surface area (Å²) in [5.74, 6) is -6.13. The van der Waals surface area contributed by atoms with E-state index in [0.717, 1.165) is 18.3 Å². The first-order valence-corrected chi connectivity index (χ1v) is 17.2. The number of hydrogen-bond donors (Lipinski definition) is 4. The van der Waals surface area contributed by atoms with Crippen LogP contribution in [-0.4, -0.2) is 99.8 Å². The Hall–Kier alpha value is -4.20. The lowest BCUT2D eigenvalue weighted by atomic mass is 9.91. The van der Waals surface area contributed by atoms with Gasteiger partial charge < -0.3 is 30.5 Å². The molecule has 1 heterocycles. The molecular weight excluding hydrogens is 703 g/mol. The number of thiazole rings is 1.